The number of nitrogens with zero attached hydrogens (tertiary/aromatic N) is 1. The van der Waals surface area contributed by atoms with Gasteiger partial charge in [0.2, 0.25) is 0 Å². The van der Waals surface area contributed by atoms with Crippen LogP contribution in [0.5, 0.6) is 0 Å². The molecule has 6 heteroatoms. The number of hydrogen-bond donors (Lipinski definition) is 1. The number of H-pyrrole nitrogens is 1. The summed E-state index contributed by atoms with van der Waals surface area (Å²) in [6.07, 6.45) is 1.29. The van der Waals surface area contributed by atoms with Gasteiger partial charge in [-0.1, -0.05) is 18.2 Å². The fourth-order valence-electron chi connectivity index (χ4n) is 2.17. The Bertz CT molecular complexity index is 921. The highest BCUT2D eigenvalue weighted by atomic mass is 35.5. The normalized spacial score (nSPS) is 10.8. The number of para-hydroxylation sites is 1. The molecular weight excluding hydrogens is 295 g/mol. The molecule has 21 heavy (non-hydrogen) atoms. The van der Waals surface area contributed by atoms with Crippen LogP contribution in [-0.4, -0.2) is 15.2 Å². The van der Waals surface area contributed by atoms with Crippen molar-refractivity contribution in [3.63, 3.8) is 0 Å². The smallest absolute Gasteiger partial charge is 0.258 e. The predicted molar refractivity (Wildman–Crippen MR) is 77.9 cm³/mol. The van der Waals surface area contributed by atoms with Crippen LogP contribution in [0.1, 0.15) is 10.4 Å². The molecule has 0 aliphatic heterocycles. The Hall–Kier alpha value is -2.53. The average molecular weight is 303 g/mol. The quantitative estimate of drug-likeness (QED) is 0.740. The molecule has 0 fully saturated rings. The Kier molecular flexibility index (Phi) is 3.27. The van der Waals surface area contributed by atoms with Gasteiger partial charge in [0.1, 0.15) is 5.82 Å². The van der Waals surface area contributed by atoms with Crippen molar-refractivity contribution in [2.45, 2.75) is 0 Å². The fourth-order valence-corrected chi connectivity index (χ4v) is 2.33. The molecule has 0 amide bonds. The molecule has 0 aliphatic rings. The first kappa shape index (κ1) is 13.5. The molecule has 1 N–H and O–H groups in total. The van der Waals surface area contributed by atoms with Crippen molar-refractivity contribution in [2.75, 3.05) is 0 Å². The Labute approximate surface area is 123 Å². The molecule has 1 heterocycles. The summed E-state index contributed by atoms with van der Waals surface area (Å²) in [7, 11) is 0. The summed E-state index contributed by atoms with van der Waals surface area (Å²) in [6, 6.07) is 9.13. The van der Waals surface area contributed by atoms with E-state index in [2.05, 4.69) is 9.97 Å². The van der Waals surface area contributed by atoms with Gasteiger partial charge in [-0.3, -0.25) is 9.59 Å². The molecule has 0 spiro atoms. The number of nitrogens with one attached hydrogen (secondary N) is 1. The van der Waals surface area contributed by atoms with Gasteiger partial charge in [0, 0.05) is 5.56 Å². The van der Waals surface area contributed by atoms with Crippen molar-refractivity contribution in [1.82, 2.24) is 9.97 Å². The summed E-state index contributed by atoms with van der Waals surface area (Å²) in [5, 5.41) is -0.445. The minimum absolute atomic E-state index is 0.188. The van der Waals surface area contributed by atoms with Gasteiger partial charge in [0.25, 0.3) is 10.8 Å². The van der Waals surface area contributed by atoms with Crippen molar-refractivity contribution in [1.29, 1.82) is 0 Å². The van der Waals surface area contributed by atoms with Crippen molar-refractivity contribution < 1.29 is 9.18 Å². The minimum atomic E-state index is -0.855. The molecule has 2 aromatic carbocycles. The number of benzene rings is 2. The van der Waals surface area contributed by atoms with Crippen LogP contribution in [0.25, 0.3) is 22.0 Å². The van der Waals surface area contributed by atoms with Crippen molar-refractivity contribution in [3.8, 4) is 11.1 Å². The molecule has 3 rings (SSSR count). The highest BCUT2D eigenvalue weighted by Crippen LogP contribution is 2.27. The molecule has 104 valence electrons. The lowest BCUT2D eigenvalue weighted by molar-refractivity contribution is 0.107. The van der Waals surface area contributed by atoms with Gasteiger partial charge in [-0.05, 0) is 35.4 Å². The number of rotatable bonds is 2. The summed E-state index contributed by atoms with van der Waals surface area (Å²) in [5.41, 5.74) is 1.12. The first-order valence-electron chi connectivity index (χ1n) is 6.04. The lowest BCUT2D eigenvalue weighted by Gasteiger charge is -2.06. The first-order valence-corrected chi connectivity index (χ1v) is 6.42. The molecule has 0 atom stereocenters. The summed E-state index contributed by atoms with van der Waals surface area (Å²) in [6.45, 7) is 0. The summed E-state index contributed by atoms with van der Waals surface area (Å²) in [4.78, 5) is 29.4. The zero-order valence-electron chi connectivity index (χ0n) is 10.6. The van der Waals surface area contributed by atoms with Crippen LogP contribution >= 0.6 is 11.6 Å². The van der Waals surface area contributed by atoms with Gasteiger partial charge in [-0.15, -0.1) is 0 Å². The monoisotopic (exact) mass is 302 g/mol. The molecule has 4 nitrogen and oxygen atoms in total. The first-order chi connectivity index (χ1) is 10.1. The van der Waals surface area contributed by atoms with E-state index in [1.165, 1.54) is 18.5 Å². The third-order valence-electron chi connectivity index (χ3n) is 3.16. The van der Waals surface area contributed by atoms with Crippen LogP contribution in [0.4, 0.5) is 4.39 Å². The molecular formula is C15H8ClFN2O2. The van der Waals surface area contributed by atoms with E-state index >= 15 is 0 Å². The maximum Gasteiger partial charge on any atom is 0.258 e. The maximum atomic E-state index is 13.9. The molecule has 0 saturated heterocycles. The van der Waals surface area contributed by atoms with E-state index in [1.807, 2.05) is 0 Å². The second-order valence-corrected chi connectivity index (χ2v) is 4.75. The van der Waals surface area contributed by atoms with E-state index in [9.17, 15) is 14.0 Å². The molecule has 0 aliphatic carbocycles. The van der Waals surface area contributed by atoms with Gasteiger partial charge in [0.15, 0.2) is 0 Å². The van der Waals surface area contributed by atoms with Crippen LogP contribution in [0.15, 0.2) is 47.5 Å². The van der Waals surface area contributed by atoms with E-state index in [4.69, 9.17) is 11.6 Å². The Morgan fingerprint density at radius 3 is 2.76 bits per heavy atom. The third kappa shape index (κ3) is 2.32. The molecule has 0 radical (unpaired) electrons. The standard InChI is InChI=1S/C15H8ClFN2O2/c16-14(20)10-5-4-8(6-12(10)17)9-2-1-3-11-13(9)18-7-19-15(11)21/h1-7H,(H,18,19,21). The van der Waals surface area contributed by atoms with Crippen molar-refractivity contribution in [2.24, 2.45) is 0 Å². The van der Waals surface area contributed by atoms with Crippen LogP contribution in [0.3, 0.4) is 0 Å². The van der Waals surface area contributed by atoms with Crippen molar-refractivity contribution in [3.05, 3.63) is 64.5 Å². The zero-order valence-corrected chi connectivity index (χ0v) is 11.3. The van der Waals surface area contributed by atoms with Crippen LogP contribution in [-0.2, 0) is 0 Å². The number of halogens is 2. The second kappa shape index (κ2) is 5.10. The van der Waals surface area contributed by atoms with E-state index < -0.39 is 11.1 Å². The molecule has 0 saturated carbocycles. The minimum Gasteiger partial charge on any atom is -0.313 e. The lowest BCUT2D eigenvalue weighted by atomic mass is 10.0. The summed E-state index contributed by atoms with van der Waals surface area (Å²) < 4.78 is 13.9. The largest absolute Gasteiger partial charge is 0.313 e. The summed E-state index contributed by atoms with van der Waals surface area (Å²) in [5.74, 6) is -0.714. The number of hydrogen-bond acceptors (Lipinski definition) is 3. The van der Waals surface area contributed by atoms with Gasteiger partial charge in [0.05, 0.1) is 22.8 Å². The SMILES string of the molecule is O=C(Cl)c1ccc(-c2cccc3c(=O)[nH]cnc23)cc1F. The Morgan fingerprint density at radius 2 is 2.05 bits per heavy atom. The Balaban J connectivity index is 2.26. The van der Waals surface area contributed by atoms with Gasteiger partial charge in [-0.25, -0.2) is 9.37 Å². The van der Waals surface area contributed by atoms with E-state index in [1.54, 1.807) is 24.3 Å². The number of aromatic nitrogens is 2. The number of carbonyl (C=O) groups excluding carboxylic acids is 1. The predicted octanol–water partition coefficient (Wildman–Crippen LogP) is 3.11. The Morgan fingerprint density at radius 1 is 1.24 bits per heavy atom. The molecule has 0 bridgehead atoms. The molecule has 3 aromatic rings. The number of aromatic amines is 1. The van der Waals surface area contributed by atoms with Crippen LogP contribution < -0.4 is 5.56 Å². The topological polar surface area (TPSA) is 62.8 Å². The van der Waals surface area contributed by atoms with E-state index in [0.29, 0.717) is 22.0 Å². The summed E-state index contributed by atoms with van der Waals surface area (Å²) >= 11 is 5.29. The number of fused-ring (bicyclic) bond motifs is 1. The zero-order chi connectivity index (χ0) is 15.0. The molecule has 0 unspecified atom stereocenters. The van der Waals surface area contributed by atoms with E-state index in [0.717, 1.165) is 0 Å². The number of carbonyl (C=O) groups is 1. The third-order valence-corrected chi connectivity index (χ3v) is 3.37. The maximum absolute atomic E-state index is 13.9. The van der Waals surface area contributed by atoms with Crippen molar-refractivity contribution >= 4 is 27.7 Å². The van der Waals surface area contributed by atoms with Gasteiger partial charge in [-0.2, -0.15) is 0 Å². The molecule has 1 aromatic heterocycles. The van der Waals surface area contributed by atoms with Crippen LogP contribution in [0.2, 0.25) is 0 Å². The highest BCUT2D eigenvalue weighted by molar-refractivity contribution is 6.67. The highest BCUT2D eigenvalue weighted by Gasteiger charge is 2.12. The average Bonchev–Trinajstić information content (AvgIpc) is 2.46. The van der Waals surface area contributed by atoms with Crippen LogP contribution in [0, 0.1) is 5.82 Å². The lowest BCUT2D eigenvalue weighted by Crippen LogP contribution is -2.06. The fraction of sp³-hybridized carbons (Fsp3) is 0. The van der Waals surface area contributed by atoms with Gasteiger partial charge >= 0.3 is 0 Å². The van der Waals surface area contributed by atoms with E-state index in [-0.39, 0.29) is 11.1 Å². The second-order valence-electron chi connectivity index (χ2n) is 4.40. The van der Waals surface area contributed by atoms with Gasteiger partial charge < -0.3 is 4.98 Å².